The van der Waals surface area contributed by atoms with Gasteiger partial charge in [-0.1, -0.05) is 15.9 Å². The fourth-order valence-electron chi connectivity index (χ4n) is 2.07. The average Bonchev–Trinajstić information content (AvgIpc) is 2.26. The van der Waals surface area contributed by atoms with Crippen molar-refractivity contribution in [2.24, 2.45) is 0 Å². The van der Waals surface area contributed by atoms with E-state index in [2.05, 4.69) is 21.2 Å². The third-order valence-corrected chi connectivity index (χ3v) is 5.25. The summed E-state index contributed by atoms with van der Waals surface area (Å²) in [6.45, 7) is 0.557. The molecular weight excluding hydrogens is 321 g/mol. The minimum Gasteiger partial charge on any atom is -0.310 e. The van der Waals surface area contributed by atoms with Gasteiger partial charge in [0.25, 0.3) is 0 Å². The maximum Gasteiger partial charge on any atom is 0.150 e. The molecule has 0 bridgehead atoms. The molecule has 18 heavy (non-hydrogen) atoms. The van der Waals surface area contributed by atoms with Gasteiger partial charge in [-0.05, 0) is 36.6 Å². The Hall–Kier alpha value is -0.460. The van der Waals surface area contributed by atoms with E-state index in [-0.39, 0.29) is 23.4 Å². The highest BCUT2D eigenvalue weighted by Gasteiger charge is 2.22. The van der Waals surface area contributed by atoms with Crippen LogP contribution in [0.1, 0.15) is 18.4 Å². The van der Waals surface area contributed by atoms with Crippen LogP contribution in [0.3, 0.4) is 0 Å². The van der Waals surface area contributed by atoms with Crippen LogP contribution in [0.15, 0.2) is 22.7 Å². The summed E-state index contributed by atoms with van der Waals surface area (Å²) in [5, 5.41) is 3.28. The lowest BCUT2D eigenvalue weighted by molar-refractivity contribution is 0.462. The van der Waals surface area contributed by atoms with Crippen molar-refractivity contribution in [3.8, 4) is 0 Å². The summed E-state index contributed by atoms with van der Waals surface area (Å²) < 4.78 is 36.4. The van der Waals surface area contributed by atoms with E-state index in [9.17, 15) is 12.8 Å². The quantitative estimate of drug-likeness (QED) is 0.921. The Kier molecular flexibility index (Phi) is 4.40. The molecule has 2 rings (SSSR count). The molecule has 0 radical (unpaired) electrons. The van der Waals surface area contributed by atoms with Crippen molar-refractivity contribution in [3.05, 3.63) is 34.1 Å². The largest absolute Gasteiger partial charge is 0.310 e. The van der Waals surface area contributed by atoms with Gasteiger partial charge in [-0.3, -0.25) is 0 Å². The van der Waals surface area contributed by atoms with E-state index < -0.39 is 9.84 Å². The molecule has 1 heterocycles. The lowest BCUT2D eigenvalue weighted by atomic mass is 10.1. The summed E-state index contributed by atoms with van der Waals surface area (Å²) in [6.07, 6.45) is 1.28. The Bertz CT molecular complexity index is 499. The fourth-order valence-corrected chi connectivity index (χ4v) is 4.07. The first-order valence-electron chi connectivity index (χ1n) is 5.83. The Balaban J connectivity index is 1.88. The van der Waals surface area contributed by atoms with Crippen LogP contribution in [-0.4, -0.2) is 26.0 Å². The lowest BCUT2D eigenvalue weighted by Crippen LogP contribution is -2.37. The summed E-state index contributed by atoms with van der Waals surface area (Å²) in [5.74, 6) is 0.224. The first-order chi connectivity index (χ1) is 8.44. The van der Waals surface area contributed by atoms with Crippen LogP contribution in [0.4, 0.5) is 4.39 Å². The van der Waals surface area contributed by atoms with Gasteiger partial charge in [-0.25, -0.2) is 12.8 Å². The molecule has 3 nitrogen and oxygen atoms in total. The molecule has 0 amide bonds. The Morgan fingerprint density at radius 1 is 1.28 bits per heavy atom. The maximum absolute atomic E-state index is 13.2. The highest BCUT2D eigenvalue weighted by molar-refractivity contribution is 9.10. The molecule has 0 spiro atoms. The van der Waals surface area contributed by atoms with Gasteiger partial charge in [0.2, 0.25) is 0 Å². The van der Waals surface area contributed by atoms with E-state index in [1.54, 1.807) is 0 Å². The van der Waals surface area contributed by atoms with E-state index in [0.717, 1.165) is 5.56 Å². The second-order valence-electron chi connectivity index (χ2n) is 4.58. The summed E-state index contributed by atoms with van der Waals surface area (Å²) in [7, 11) is -2.82. The number of hydrogen-bond acceptors (Lipinski definition) is 3. The minimum absolute atomic E-state index is 0.204. The zero-order chi connectivity index (χ0) is 13.2. The van der Waals surface area contributed by atoms with Crippen LogP contribution in [0, 0.1) is 5.82 Å². The van der Waals surface area contributed by atoms with Crippen molar-refractivity contribution < 1.29 is 12.8 Å². The molecule has 0 aromatic heterocycles. The average molecular weight is 336 g/mol. The van der Waals surface area contributed by atoms with Crippen molar-refractivity contribution in [1.82, 2.24) is 5.32 Å². The van der Waals surface area contributed by atoms with Crippen molar-refractivity contribution in [3.63, 3.8) is 0 Å². The first kappa shape index (κ1) is 14.0. The van der Waals surface area contributed by atoms with Gasteiger partial charge in [-0.2, -0.15) is 0 Å². The Labute approximate surface area is 115 Å². The topological polar surface area (TPSA) is 46.2 Å². The first-order valence-corrected chi connectivity index (χ1v) is 8.45. The van der Waals surface area contributed by atoms with Gasteiger partial charge in [-0.15, -0.1) is 0 Å². The molecule has 0 atom stereocenters. The molecule has 0 aliphatic carbocycles. The number of halogens is 2. The normalized spacial score (nSPS) is 19.9. The molecule has 1 aliphatic rings. The molecule has 100 valence electrons. The number of rotatable bonds is 3. The van der Waals surface area contributed by atoms with E-state index in [1.807, 2.05) is 6.07 Å². The fraction of sp³-hybridized carbons (Fsp3) is 0.500. The summed E-state index contributed by atoms with van der Waals surface area (Å²) >= 11 is 3.25. The van der Waals surface area contributed by atoms with Crippen LogP contribution < -0.4 is 5.32 Å². The van der Waals surface area contributed by atoms with Crippen LogP contribution in [0.2, 0.25) is 0 Å². The van der Waals surface area contributed by atoms with Gasteiger partial charge in [0.05, 0.1) is 11.5 Å². The Morgan fingerprint density at radius 2 is 1.94 bits per heavy atom. The maximum atomic E-state index is 13.2. The van der Waals surface area contributed by atoms with E-state index >= 15 is 0 Å². The number of benzene rings is 1. The third kappa shape index (κ3) is 4.03. The highest BCUT2D eigenvalue weighted by Crippen LogP contribution is 2.16. The number of sulfone groups is 1. The Morgan fingerprint density at radius 3 is 2.56 bits per heavy atom. The molecular formula is C12H15BrFNO2S. The monoisotopic (exact) mass is 335 g/mol. The van der Waals surface area contributed by atoms with E-state index in [1.165, 1.54) is 12.1 Å². The summed E-state index contributed by atoms with van der Waals surface area (Å²) in [5.41, 5.74) is 0.857. The second-order valence-corrected chi connectivity index (χ2v) is 7.80. The zero-order valence-corrected chi connectivity index (χ0v) is 12.2. The summed E-state index contributed by atoms with van der Waals surface area (Å²) in [4.78, 5) is 0. The SMILES string of the molecule is O=S1(=O)CCC(NCc2cc(F)cc(Br)c2)CC1. The standard InChI is InChI=1S/C12H15BrFNO2S/c13-10-5-9(6-11(14)7-10)8-15-12-1-3-18(16,17)4-2-12/h5-7,12,15H,1-4,8H2. The van der Waals surface area contributed by atoms with Crippen molar-refractivity contribution in [1.29, 1.82) is 0 Å². The van der Waals surface area contributed by atoms with Gasteiger partial charge < -0.3 is 5.32 Å². The predicted molar refractivity (Wildman–Crippen MR) is 72.6 cm³/mol. The molecule has 1 N–H and O–H groups in total. The molecule has 1 saturated heterocycles. The predicted octanol–water partition coefficient (Wildman–Crippen LogP) is 2.26. The minimum atomic E-state index is -2.82. The van der Waals surface area contributed by atoms with Crippen LogP contribution in [-0.2, 0) is 16.4 Å². The van der Waals surface area contributed by atoms with Crippen LogP contribution in [0.5, 0.6) is 0 Å². The van der Waals surface area contributed by atoms with Crippen LogP contribution >= 0.6 is 15.9 Å². The molecule has 1 aromatic rings. The number of hydrogen-bond donors (Lipinski definition) is 1. The van der Waals surface area contributed by atoms with Crippen molar-refractivity contribution in [2.75, 3.05) is 11.5 Å². The van der Waals surface area contributed by atoms with E-state index in [4.69, 9.17) is 0 Å². The molecule has 6 heteroatoms. The molecule has 1 aromatic carbocycles. The van der Waals surface area contributed by atoms with Gasteiger partial charge >= 0.3 is 0 Å². The lowest BCUT2D eigenvalue weighted by Gasteiger charge is -2.23. The van der Waals surface area contributed by atoms with E-state index in [0.29, 0.717) is 23.9 Å². The second kappa shape index (κ2) is 5.67. The zero-order valence-electron chi connectivity index (χ0n) is 9.83. The smallest absolute Gasteiger partial charge is 0.150 e. The third-order valence-electron chi connectivity index (χ3n) is 3.07. The van der Waals surface area contributed by atoms with Crippen molar-refractivity contribution >= 4 is 25.8 Å². The molecule has 0 unspecified atom stereocenters. The number of nitrogens with one attached hydrogen (secondary N) is 1. The summed E-state index contributed by atoms with van der Waals surface area (Å²) in [6, 6.07) is 4.96. The van der Waals surface area contributed by atoms with Crippen molar-refractivity contribution in [2.45, 2.75) is 25.4 Å². The van der Waals surface area contributed by atoms with Gasteiger partial charge in [0.15, 0.2) is 0 Å². The van der Waals surface area contributed by atoms with Gasteiger partial charge in [0, 0.05) is 17.1 Å². The molecule has 0 saturated carbocycles. The molecule has 1 fully saturated rings. The van der Waals surface area contributed by atoms with Gasteiger partial charge in [0.1, 0.15) is 15.7 Å². The highest BCUT2D eigenvalue weighted by atomic mass is 79.9. The van der Waals surface area contributed by atoms with Crippen LogP contribution in [0.25, 0.3) is 0 Å². The molecule has 1 aliphatic heterocycles.